The lowest BCUT2D eigenvalue weighted by Gasteiger charge is -2.22. The summed E-state index contributed by atoms with van der Waals surface area (Å²) in [7, 11) is 1.50. The van der Waals surface area contributed by atoms with Crippen LogP contribution in [0.1, 0.15) is 16.6 Å². The molecule has 164 valence electrons. The fourth-order valence-electron chi connectivity index (χ4n) is 3.17. The number of benzene rings is 1. The van der Waals surface area contributed by atoms with E-state index in [-0.39, 0.29) is 19.8 Å². The highest BCUT2D eigenvalue weighted by molar-refractivity contribution is 5.89. The second-order valence-electron chi connectivity index (χ2n) is 6.57. The van der Waals surface area contributed by atoms with Crippen LogP contribution in [0.15, 0.2) is 57.3 Å². The normalized spacial score (nSPS) is 22.6. The van der Waals surface area contributed by atoms with Crippen LogP contribution in [-0.2, 0) is 18.9 Å². The van der Waals surface area contributed by atoms with Crippen LogP contribution in [0, 0.1) is 0 Å². The minimum Gasteiger partial charge on any atom is -0.459 e. The highest BCUT2D eigenvalue weighted by atomic mass is 16.6. The lowest BCUT2D eigenvalue weighted by molar-refractivity contribution is -0.0803. The summed E-state index contributed by atoms with van der Waals surface area (Å²) in [4.78, 5) is 41.0. The standard InChI is InChI=1S/C19H21N5O7/c1-28-9-10-29-16-15(22-23-20)13(11-30-18(26)12-5-3-2-4-6-12)31-17(16)24-8-7-14(25)21-19(24)27/h2-8,13,15-17H,9-11H2,1H3,(H,21,25,27)/t13-,15?,16-,17-/m1/s1. The molecule has 1 unspecified atom stereocenters. The molecule has 0 aliphatic carbocycles. The first-order chi connectivity index (χ1) is 15.0. The van der Waals surface area contributed by atoms with Crippen molar-refractivity contribution < 1.29 is 23.7 Å². The predicted octanol–water partition coefficient (Wildman–Crippen LogP) is 1.00. The van der Waals surface area contributed by atoms with E-state index in [2.05, 4.69) is 15.0 Å². The van der Waals surface area contributed by atoms with E-state index in [9.17, 15) is 14.4 Å². The zero-order chi connectivity index (χ0) is 22.2. The second kappa shape index (κ2) is 10.5. The van der Waals surface area contributed by atoms with E-state index in [1.54, 1.807) is 30.3 Å². The van der Waals surface area contributed by atoms with Gasteiger partial charge in [-0.05, 0) is 17.7 Å². The van der Waals surface area contributed by atoms with Crippen molar-refractivity contribution in [2.24, 2.45) is 5.11 Å². The number of H-pyrrole nitrogens is 1. The van der Waals surface area contributed by atoms with Gasteiger partial charge in [0.25, 0.3) is 5.56 Å². The van der Waals surface area contributed by atoms with E-state index < -0.39 is 41.7 Å². The zero-order valence-electron chi connectivity index (χ0n) is 16.6. The number of nitrogens with one attached hydrogen (secondary N) is 1. The molecular formula is C19H21N5O7. The lowest BCUT2D eigenvalue weighted by Crippen LogP contribution is -2.39. The van der Waals surface area contributed by atoms with Gasteiger partial charge in [0.05, 0.1) is 24.8 Å². The summed E-state index contributed by atoms with van der Waals surface area (Å²) < 4.78 is 23.1. The number of aromatic amines is 1. The Kier molecular flexibility index (Phi) is 7.57. The summed E-state index contributed by atoms with van der Waals surface area (Å²) in [6.07, 6.45) is -1.56. The molecule has 4 atom stereocenters. The summed E-state index contributed by atoms with van der Waals surface area (Å²) in [5.41, 5.74) is 8.09. The fourth-order valence-corrected chi connectivity index (χ4v) is 3.17. The maximum absolute atomic E-state index is 12.3. The van der Waals surface area contributed by atoms with Gasteiger partial charge in [-0.3, -0.25) is 14.3 Å². The molecule has 0 bridgehead atoms. The van der Waals surface area contributed by atoms with Crippen molar-refractivity contribution in [2.45, 2.75) is 24.5 Å². The summed E-state index contributed by atoms with van der Waals surface area (Å²) in [5, 5.41) is 3.75. The molecule has 0 saturated carbocycles. The third kappa shape index (κ3) is 5.38. The summed E-state index contributed by atoms with van der Waals surface area (Å²) in [6, 6.07) is 8.61. The first kappa shape index (κ1) is 22.2. The largest absolute Gasteiger partial charge is 0.459 e. The van der Waals surface area contributed by atoms with Crippen molar-refractivity contribution in [3.8, 4) is 0 Å². The van der Waals surface area contributed by atoms with Crippen molar-refractivity contribution >= 4 is 5.97 Å². The maximum Gasteiger partial charge on any atom is 0.338 e. The van der Waals surface area contributed by atoms with Gasteiger partial charge in [0.15, 0.2) is 6.23 Å². The second-order valence-corrected chi connectivity index (χ2v) is 6.57. The predicted molar refractivity (Wildman–Crippen MR) is 107 cm³/mol. The first-order valence-electron chi connectivity index (χ1n) is 9.39. The van der Waals surface area contributed by atoms with Gasteiger partial charge in [-0.2, -0.15) is 0 Å². The molecule has 0 spiro atoms. The molecule has 3 rings (SSSR count). The van der Waals surface area contributed by atoms with Crippen LogP contribution in [0.25, 0.3) is 10.4 Å². The van der Waals surface area contributed by atoms with E-state index in [0.29, 0.717) is 5.56 Å². The van der Waals surface area contributed by atoms with Crippen molar-refractivity contribution in [2.75, 3.05) is 26.9 Å². The Morgan fingerprint density at radius 1 is 1.26 bits per heavy atom. The molecule has 0 amide bonds. The number of carbonyl (C=O) groups excluding carboxylic acids is 1. The summed E-state index contributed by atoms with van der Waals surface area (Å²) in [5.74, 6) is -0.578. The fraction of sp³-hybridized carbons (Fsp3) is 0.421. The molecule has 2 heterocycles. The van der Waals surface area contributed by atoms with E-state index >= 15 is 0 Å². The van der Waals surface area contributed by atoms with Gasteiger partial charge in [-0.25, -0.2) is 9.59 Å². The third-order valence-corrected chi connectivity index (χ3v) is 4.61. The van der Waals surface area contributed by atoms with Crippen LogP contribution < -0.4 is 11.2 Å². The van der Waals surface area contributed by atoms with Crippen molar-refractivity contribution in [3.05, 3.63) is 79.4 Å². The van der Waals surface area contributed by atoms with Crippen LogP contribution >= 0.6 is 0 Å². The van der Waals surface area contributed by atoms with Gasteiger partial charge in [0.2, 0.25) is 0 Å². The summed E-state index contributed by atoms with van der Waals surface area (Å²) >= 11 is 0. The van der Waals surface area contributed by atoms with Crippen molar-refractivity contribution in [1.82, 2.24) is 9.55 Å². The number of aromatic nitrogens is 2. The first-order valence-corrected chi connectivity index (χ1v) is 9.39. The molecular weight excluding hydrogens is 410 g/mol. The number of rotatable bonds is 9. The van der Waals surface area contributed by atoms with E-state index in [4.69, 9.17) is 24.5 Å². The number of methoxy groups -OCH3 is 1. The van der Waals surface area contributed by atoms with Crippen LogP contribution in [0.4, 0.5) is 0 Å². The molecule has 31 heavy (non-hydrogen) atoms. The Morgan fingerprint density at radius 2 is 2.03 bits per heavy atom. The van der Waals surface area contributed by atoms with E-state index in [1.807, 2.05) is 0 Å². The maximum atomic E-state index is 12.3. The lowest BCUT2D eigenvalue weighted by atomic mass is 10.1. The number of esters is 1. The van der Waals surface area contributed by atoms with Crippen molar-refractivity contribution in [3.63, 3.8) is 0 Å². The number of ether oxygens (including phenoxy) is 4. The zero-order valence-corrected chi connectivity index (χ0v) is 16.6. The van der Waals surface area contributed by atoms with Gasteiger partial charge < -0.3 is 18.9 Å². The van der Waals surface area contributed by atoms with Crippen molar-refractivity contribution in [1.29, 1.82) is 0 Å². The molecule has 12 heteroatoms. The Morgan fingerprint density at radius 3 is 2.71 bits per heavy atom. The Hall–Kier alpha value is -3.44. The number of nitrogens with zero attached hydrogens (tertiary/aromatic N) is 4. The smallest absolute Gasteiger partial charge is 0.338 e. The minimum absolute atomic E-state index is 0.132. The van der Waals surface area contributed by atoms with Gasteiger partial charge in [0.1, 0.15) is 18.8 Å². The number of carbonyl (C=O) groups is 1. The van der Waals surface area contributed by atoms with Crippen LogP contribution in [-0.4, -0.2) is 60.7 Å². The molecule has 1 N–H and O–H groups in total. The molecule has 12 nitrogen and oxygen atoms in total. The molecule has 2 aromatic rings. The monoisotopic (exact) mass is 431 g/mol. The highest BCUT2D eigenvalue weighted by Gasteiger charge is 2.47. The molecule has 1 aromatic carbocycles. The number of azide groups is 1. The molecule has 1 aliphatic rings. The molecule has 1 aromatic heterocycles. The Bertz CT molecular complexity index is 1050. The molecule has 0 radical (unpaired) electrons. The average Bonchev–Trinajstić information content (AvgIpc) is 3.10. The summed E-state index contributed by atoms with van der Waals surface area (Å²) in [6.45, 7) is 0.143. The molecule has 1 saturated heterocycles. The topological polar surface area (TPSA) is 158 Å². The van der Waals surface area contributed by atoms with Gasteiger partial charge >= 0.3 is 11.7 Å². The van der Waals surface area contributed by atoms with E-state index in [0.717, 1.165) is 10.6 Å². The highest BCUT2D eigenvalue weighted by Crippen LogP contribution is 2.33. The van der Waals surface area contributed by atoms with E-state index in [1.165, 1.54) is 13.3 Å². The van der Waals surface area contributed by atoms with Crippen LogP contribution in [0.5, 0.6) is 0 Å². The van der Waals surface area contributed by atoms with Gasteiger partial charge in [0, 0.05) is 24.3 Å². The van der Waals surface area contributed by atoms with Gasteiger partial charge in [-0.15, -0.1) is 0 Å². The molecule has 1 fully saturated rings. The van der Waals surface area contributed by atoms with Crippen LogP contribution in [0.2, 0.25) is 0 Å². The Balaban J connectivity index is 1.84. The minimum atomic E-state index is -1.03. The van der Waals surface area contributed by atoms with Crippen LogP contribution in [0.3, 0.4) is 0 Å². The number of hydrogen-bond donors (Lipinski definition) is 1. The van der Waals surface area contributed by atoms with Gasteiger partial charge in [-0.1, -0.05) is 23.3 Å². The quantitative estimate of drug-likeness (QED) is 0.204. The third-order valence-electron chi connectivity index (χ3n) is 4.61. The number of hydrogen-bond acceptors (Lipinski definition) is 8. The SMILES string of the molecule is COCCO[C@@H]1C(N=[N+]=[N-])[C@@H](COC(=O)c2ccccc2)O[C@H]1n1ccc(=O)[nH]c1=O. The Labute approximate surface area is 175 Å². The molecule has 1 aliphatic heterocycles. The average molecular weight is 431 g/mol.